The van der Waals surface area contributed by atoms with E-state index in [1.807, 2.05) is 12.1 Å². The molecule has 5 aromatic rings. The number of halogens is 2. The first-order valence-electron chi connectivity index (χ1n) is 13.5. The number of Topliss-reactive ketones (excluding diaryl/α,β-unsaturated/α-hetero) is 2. The second-order valence-corrected chi connectivity index (χ2v) is 12.6. The summed E-state index contributed by atoms with van der Waals surface area (Å²) in [6.45, 7) is 1.93. The van der Waals surface area contributed by atoms with Crippen LogP contribution >= 0.6 is 45.9 Å². The Hall–Kier alpha value is -4.02. The number of thiophene rings is 2. The van der Waals surface area contributed by atoms with E-state index in [9.17, 15) is 19.5 Å². The van der Waals surface area contributed by atoms with E-state index in [0.717, 1.165) is 22.5 Å². The molecule has 0 unspecified atom stereocenters. The third kappa shape index (κ3) is 7.54. The van der Waals surface area contributed by atoms with Crippen LogP contribution in [0.3, 0.4) is 0 Å². The van der Waals surface area contributed by atoms with E-state index in [4.69, 9.17) is 27.6 Å². The maximum atomic E-state index is 12.8. The summed E-state index contributed by atoms with van der Waals surface area (Å²) in [4.78, 5) is 44.0. The van der Waals surface area contributed by atoms with Gasteiger partial charge in [-0.1, -0.05) is 41.4 Å². The summed E-state index contributed by atoms with van der Waals surface area (Å²) in [5.74, 6) is 0.249. The molecule has 0 atom stereocenters. The minimum atomic E-state index is -0.214. The van der Waals surface area contributed by atoms with Crippen molar-refractivity contribution in [2.24, 2.45) is 4.99 Å². The summed E-state index contributed by atoms with van der Waals surface area (Å²) in [6, 6.07) is 19.1. The summed E-state index contributed by atoms with van der Waals surface area (Å²) >= 11 is 14.6. The van der Waals surface area contributed by atoms with Crippen LogP contribution in [0.25, 0.3) is 10.4 Å². The van der Waals surface area contributed by atoms with Crippen LogP contribution in [0.4, 0.5) is 0 Å². The van der Waals surface area contributed by atoms with Crippen molar-refractivity contribution >= 4 is 69.1 Å². The van der Waals surface area contributed by atoms with Crippen molar-refractivity contribution in [3.63, 3.8) is 0 Å². The van der Waals surface area contributed by atoms with Gasteiger partial charge in [-0.05, 0) is 73.0 Å². The van der Waals surface area contributed by atoms with Crippen molar-refractivity contribution in [2.45, 2.75) is 26.3 Å². The fourth-order valence-corrected chi connectivity index (χ4v) is 6.53. The smallest absolute Gasteiger partial charge is 0.251 e. The largest absolute Gasteiger partial charge is 0.506 e. The second-order valence-electron chi connectivity index (χ2n) is 9.83. The number of hydrogen-bond donors (Lipinski definition) is 2. The number of nitrogens with one attached hydrogen (secondary N) is 1. The number of ketones is 2. The molecule has 0 aliphatic carbocycles. The van der Waals surface area contributed by atoms with Gasteiger partial charge in [0.2, 0.25) is 0 Å². The van der Waals surface area contributed by atoms with E-state index in [1.54, 1.807) is 73.2 Å². The first kappa shape index (κ1) is 31.4. The molecule has 0 spiro atoms. The number of carbonyl (C=O) groups is 3. The van der Waals surface area contributed by atoms with E-state index in [2.05, 4.69) is 10.3 Å². The number of benzene rings is 2. The molecule has 44 heavy (non-hydrogen) atoms. The molecule has 0 saturated carbocycles. The molecular weight excluding hydrogens is 639 g/mol. The van der Waals surface area contributed by atoms with Gasteiger partial charge in [-0.3, -0.25) is 19.4 Å². The Morgan fingerprint density at radius 2 is 1.70 bits per heavy atom. The Balaban J connectivity index is 1.13. The summed E-state index contributed by atoms with van der Waals surface area (Å²) in [7, 11) is 0. The molecule has 0 bridgehead atoms. The highest BCUT2D eigenvalue weighted by Crippen LogP contribution is 2.40. The zero-order valence-electron chi connectivity index (χ0n) is 23.4. The van der Waals surface area contributed by atoms with Gasteiger partial charge in [0.25, 0.3) is 5.91 Å². The fourth-order valence-electron chi connectivity index (χ4n) is 4.33. The third-order valence-corrected chi connectivity index (χ3v) is 9.74. The molecule has 0 fully saturated rings. The molecule has 2 aromatic carbocycles. The van der Waals surface area contributed by atoms with Crippen LogP contribution in [-0.4, -0.2) is 34.8 Å². The van der Waals surface area contributed by atoms with Crippen molar-refractivity contribution in [1.82, 2.24) is 5.32 Å². The predicted molar refractivity (Wildman–Crippen MR) is 176 cm³/mol. The van der Waals surface area contributed by atoms with Crippen molar-refractivity contribution in [2.75, 3.05) is 6.54 Å². The maximum Gasteiger partial charge on any atom is 0.251 e. The highest BCUT2D eigenvalue weighted by atomic mass is 35.5. The molecule has 3 aromatic heterocycles. The van der Waals surface area contributed by atoms with Gasteiger partial charge in [-0.25, -0.2) is 0 Å². The van der Waals surface area contributed by atoms with E-state index < -0.39 is 0 Å². The Morgan fingerprint density at radius 3 is 2.41 bits per heavy atom. The quantitative estimate of drug-likeness (QED) is 0.103. The van der Waals surface area contributed by atoms with E-state index >= 15 is 0 Å². The van der Waals surface area contributed by atoms with Gasteiger partial charge in [0.15, 0.2) is 11.6 Å². The monoisotopic (exact) mass is 664 g/mol. The molecule has 1 amide bonds. The second kappa shape index (κ2) is 14.2. The molecule has 224 valence electrons. The zero-order chi connectivity index (χ0) is 31.2. The van der Waals surface area contributed by atoms with Gasteiger partial charge >= 0.3 is 0 Å². The minimum Gasteiger partial charge on any atom is -0.506 e. The average Bonchev–Trinajstić information content (AvgIpc) is 3.81. The lowest BCUT2D eigenvalue weighted by Crippen LogP contribution is -2.22. The lowest BCUT2D eigenvalue weighted by molar-refractivity contribution is 0.0945. The van der Waals surface area contributed by atoms with Gasteiger partial charge in [0.05, 0.1) is 37.5 Å². The summed E-state index contributed by atoms with van der Waals surface area (Å²) < 4.78 is 5.22. The van der Waals surface area contributed by atoms with E-state index in [0.29, 0.717) is 60.2 Å². The normalized spacial score (nSPS) is 11.5. The lowest BCUT2D eigenvalue weighted by Gasteiger charge is -2.05. The fraction of sp³-hybridized carbons (Fsp3) is 0.152. The van der Waals surface area contributed by atoms with Crippen molar-refractivity contribution in [3.8, 4) is 16.2 Å². The van der Waals surface area contributed by atoms with Gasteiger partial charge in [-0.15, -0.1) is 22.7 Å². The number of rotatable bonds is 12. The summed E-state index contributed by atoms with van der Waals surface area (Å²) in [5.41, 5.74) is 3.24. The van der Waals surface area contributed by atoms with Gasteiger partial charge in [0.1, 0.15) is 18.1 Å². The van der Waals surface area contributed by atoms with E-state index in [-0.39, 0.29) is 36.2 Å². The topological polar surface area (TPSA) is 109 Å². The first-order chi connectivity index (χ1) is 21.2. The Bertz CT molecular complexity index is 1840. The minimum absolute atomic E-state index is 0.0629. The van der Waals surface area contributed by atoms with Crippen LogP contribution in [0.15, 0.2) is 87.8 Å². The molecule has 3 heterocycles. The van der Waals surface area contributed by atoms with Crippen LogP contribution in [0.5, 0.6) is 5.75 Å². The van der Waals surface area contributed by atoms with Crippen molar-refractivity contribution < 1.29 is 23.9 Å². The van der Waals surface area contributed by atoms with Crippen LogP contribution in [0.2, 0.25) is 10.0 Å². The molecule has 0 saturated heterocycles. The molecule has 11 heteroatoms. The number of hydrogen-bond acceptors (Lipinski definition) is 8. The van der Waals surface area contributed by atoms with Crippen LogP contribution in [-0.2, 0) is 13.0 Å². The number of carbonyl (C=O) groups excluding carboxylic acids is 3. The third-order valence-electron chi connectivity index (χ3n) is 6.81. The maximum absolute atomic E-state index is 12.8. The predicted octanol–water partition coefficient (Wildman–Crippen LogP) is 8.52. The molecule has 0 aliphatic heterocycles. The molecule has 5 rings (SSSR count). The van der Waals surface area contributed by atoms with E-state index in [1.165, 1.54) is 11.3 Å². The Labute approximate surface area is 271 Å². The van der Waals surface area contributed by atoms with Crippen molar-refractivity contribution in [1.29, 1.82) is 0 Å². The van der Waals surface area contributed by atoms with Crippen molar-refractivity contribution in [3.05, 3.63) is 121 Å². The summed E-state index contributed by atoms with van der Waals surface area (Å²) in [5, 5.41) is 16.2. The molecule has 7 nitrogen and oxygen atoms in total. The SMILES string of the molecule is CC(=NCC(=O)c1ccc(C(=O)CCc2ccc(C(=O)NCc3ccco3)cc2)s1)c1csc(-c2ccc(Cl)c(Cl)c2)c1O. The lowest BCUT2D eigenvalue weighted by atomic mass is 10.0. The highest BCUT2D eigenvalue weighted by molar-refractivity contribution is 7.16. The number of aromatic hydroxyl groups is 1. The highest BCUT2D eigenvalue weighted by Gasteiger charge is 2.17. The van der Waals surface area contributed by atoms with Gasteiger partial charge < -0.3 is 14.8 Å². The number of aryl methyl sites for hydroxylation is 1. The molecule has 0 aliphatic rings. The Morgan fingerprint density at radius 1 is 0.955 bits per heavy atom. The van der Waals surface area contributed by atoms with Crippen LogP contribution in [0, 0.1) is 0 Å². The van der Waals surface area contributed by atoms with Crippen LogP contribution in [0.1, 0.15) is 59.9 Å². The van der Waals surface area contributed by atoms with Gasteiger partial charge in [-0.2, -0.15) is 0 Å². The van der Waals surface area contributed by atoms with Gasteiger partial charge in [0, 0.05) is 28.6 Å². The zero-order valence-corrected chi connectivity index (χ0v) is 26.6. The number of furan rings is 1. The molecule has 2 N–H and O–H groups in total. The van der Waals surface area contributed by atoms with Crippen LogP contribution < -0.4 is 5.32 Å². The number of nitrogens with zero attached hydrogens (tertiary/aromatic N) is 1. The molecular formula is C33H26Cl2N2O5S2. The Kier molecular flexibility index (Phi) is 10.1. The standard InChI is InChI=1S/C33H26Cl2N2O5S2/c1-19(24-18-43-32(31(24)40)22-9-10-25(34)26(35)15-22)36-17-28(39)30-13-12-29(44-30)27(38)11-6-20-4-7-21(8-5-20)33(41)37-16-23-3-2-14-42-23/h2-5,7-10,12-15,18,40H,6,11,16-17H2,1H3,(H,37,41). The molecule has 0 radical (unpaired) electrons. The average molecular weight is 666 g/mol. The number of aliphatic imine (C=N–C) groups is 1. The number of amides is 1. The summed E-state index contributed by atoms with van der Waals surface area (Å²) in [6.07, 6.45) is 2.33. The first-order valence-corrected chi connectivity index (χ1v) is 16.0.